The highest BCUT2D eigenvalue weighted by molar-refractivity contribution is 5.82. The third-order valence-electron chi connectivity index (χ3n) is 2.25. The molecular formula is C11H22N2O3. The lowest BCUT2D eigenvalue weighted by Crippen LogP contribution is -2.44. The Kier molecular flexibility index (Phi) is 8.52. The summed E-state index contributed by atoms with van der Waals surface area (Å²) in [6.07, 6.45) is 3.24. The monoisotopic (exact) mass is 230 g/mol. The molecule has 5 heteroatoms. The van der Waals surface area contributed by atoms with E-state index >= 15 is 0 Å². The van der Waals surface area contributed by atoms with Gasteiger partial charge in [0.05, 0.1) is 19.7 Å². The Hall–Kier alpha value is -1.10. The van der Waals surface area contributed by atoms with Crippen LogP contribution in [-0.2, 0) is 14.3 Å². The van der Waals surface area contributed by atoms with Crippen molar-refractivity contribution < 1.29 is 14.3 Å². The molecule has 94 valence electrons. The van der Waals surface area contributed by atoms with E-state index in [-0.39, 0.29) is 24.5 Å². The van der Waals surface area contributed by atoms with Gasteiger partial charge < -0.3 is 10.1 Å². The average molecular weight is 230 g/mol. The number of esters is 1. The third-order valence-corrected chi connectivity index (χ3v) is 2.25. The number of nitrogens with one attached hydrogen (secondary N) is 2. The molecule has 1 amide bonds. The van der Waals surface area contributed by atoms with E-state index < -0.39 is 0 Å². The van der Waals surface area contributed by atoms with Gasteiger partial charge in [-0.3, -0.25) is 14.9 Å². The van der Waals surface area contributed by atoms with Gasteiger partial charge in [-0.05, 0) is 13.3 Å². The summed E-state index contributed by atoms with van der Waals surface area (Å²) < 4.78 is 4.46. The minimum absolute atomic E-state index is 0.0556. The minimum Gasteiger partial charge on any atom is -0.468 e. The number of rotatable bonds is 8. The Morgan fingerprint density at radius 3 is 2.56 bits per heavy atom. The molecule has 0 spiro atoms. The fourth-order valence-electron chi connectivity index (χ4n) is 1.14. The lowest BCUT2D eigenvalue weighted by atomic mass is 10.2. The van der Waals surface area contributed by atoms with Crippen molar-refractivity contribution in [1.29, 1.82) is 0 Å². The van der Waals surface area contributed by atoms with Crippen LogP contribution in [0.2, 0.25) is 0 Å². The molecule has 2 N–H and O–H groups in total. The fourth-order valence-corrected chi connectivity index (χ4v) is 1.14. The molecule has 1 unspecified atom stereocenters. The number of ether oxygens (including phenoxy) is 1. The number of unbranched alkanes of at least 4 members (excludes halogenated alkanes) is 2. The molecule has 0 aromatic carbocycles. The molecule has 0 fully saturated rings. The Labute approximate surface area is 96.9 Å². The van der Waals surface area contributed by atoms with Crippen LogP contribution in [0, 0.1) is 0 Å². The quantitative estimate of drug-likeness (QED) is 0.469. The van der Waals surface area contributed by atoms with E-state index in [1.807, 2.05) is 0 Å². The summed E-state index contributed by atoms with van der Waals surface area (Å²) in [6.45, 7) is 4.58. The van der Waals surface area contributed by atoms with Crippen molar-refractivity contribution >= 4 is 11.9 Å². The molecule has 0 radical (unpaired) electrons. The van der Waals surface area contributed by atoms with Gasteiger partial charge in [-0.1, -0.05) is 19.8 Å². The summed E-state index contributed by atoms with van der Waals surface area (Å²) in [7, 11) is 1.32. The van der Waals surface area contributed by atoms with Gasteiger partial charge in [0.2, 0.25) is 5.91 Å². The molecule has 0 aliphatic rings. The first-order valence-corrected chi connectivity index (χ1v) is 5.69. The first-order chi connectivity index (χ1) is 7.61. The molecule has 0 bridgehead atoms. The SMILES string of the molecule is CCCCCNC(=O)C(C)NCC(=O)OC. The second-order valence-electron chi connectivity index (χ2n) is 3.68. The van der Waals surface area contributed by atoms with E-state index in [1.54, 1.807) is 6.92 Å². The molecule has 5 nitrogen and oxygen atoms in total. The molecule has 0 aliphatic carbocycles. The van der Waals surface area contributed by atoms with Crippen LogP contribution in [0.1, 0.15) is 33.1 Å². The van der Waals surface area contributed by atoms with Crippen LogP contribution < -0.4 is 10.6 Å². The van der Waals surface area contributed by atoms with Crippen molar-refractivity contribution in [2.24, 2.45) is 0 Å². The van der Waals surface area contributed by atoms with Crippen molar-refractivity contribution in [3.05, 3.63) is 0 Å². The van der Waals surface area contributed by atoms with Crippen molar-refractivity contribution in [2.75, 3.05) is 20.2 Å². The highest BCUT2D eigenvalue weighted by Crippen LogP contribution is 1.91. The highest BCUT2D eigenvalue weighted by atomic mass is 16.5. The van der Waals surface area contributed by atoms with Crippen molar-refractivity contribution in [3.63, 3.8) is 0 Å². The fraction of sp³-hybridized carbons (Fsp3) is 0.818. The van der Waals surface area contributed by atoms with Crippen molar-refractivity contribution in [1.82, 2.24) is 10.6 Å². The summed E-state index contributed by atoms with van der Waals surface area (Å²) in [5.41, 5.74) is 0. The smallest absolute Gasteiger partial charge is 0.319 e. The summed E-state index contributed by atoms with van der Waals surface area (Å²) >= 11 is 0. The van der Waals surface area contributed by atoms with Gasteiger partial charge in [-0.15, -0.1) is 0 Å². The topological polar surface area (TPSA) is 67.4 Å². The summed E-state index contributed by atoms with van der Waals surface area (Å²) in [6, 6.07) is -0.374. The first-order valence-electron chi connectivity index (χ1n) is 5.69. The van der Waals surface area contributed by atoms with Crippen LogP contribution >= 0.6 is 0 Å². The number of hydrogen-bond acceptors (Lipinski definition) is 4. The Bertz CT molecular complexity index is 219. The van der Waals surface area contributed by atoms with Gasteiger partial charge in [-0.2, -0.15) is 0 Å². The van der Waals surface area contributed by atoms with E-state index in [4.69, 9.17) is 0 Å². The van der Waals surface area contributed by atoms with Crippen molar-refractivity contribution in [2.45, 2.75) is 39.2 Å². The average Bonchev–Trinajstić information content (AvgIpc) is 2.30. The van der Waals surface area contributed by atoms with E-state index in [1.165, 1.54) is 7.11 Å². The summed E-state index contributed by atoms with van der Waals surface area (Å²) in [4.78, 5) is 22.3. The van der Waals surface area contributed by atoms with Crippen LogP contribution in [0.3, 0.4) is 0 Å². The number of carbonyl (C=O) groups is 2. The largest absolute Gasteiger partial charge is 0.468 e. The van der Waals surface area contributed by atoms with Crippen LogP contribution in [0.25, 0.3) is 0 Å². The van der Waals surface area contributed by atoms with Crippen LogP contribution in [0.5, 0.6) is 0 Å². The highest BCUT2D eigenvalue weighted by Gasteiger charge is 2.12. The third kappa shape index (κ3) is 7.23. The minimum atomic E-state index is -0.374. The van der Waals surface area contributed by atoms with Gasteiger partial charge in [-0.25, -0.2) is 0 Å². The van der Waals surface area contributed by atoms with Gasteiger partial charge in [0.15, 0.2) is 0 Å². The maximum atomic E-state index is 11.5. The first kappa shape index (κ1) is 14.9. The molecule has 0 saturated heterocycles. The van der Waals surface area contributed by atoms with E-state index in [0.29, 0.717) is 6.54 Å². The molecule has 0 saturated carbocycles. The van der Waals surface area contributed by atoms with Gasteiger partial charge >= 0.3 is 5.97 Å². The number of amides is 1. The molecule has 16 heavy (non-hydrogen) atoms. The van der Waals surface area contributed by atoms with E-state index in [0.717, 1.165) is 19.3 Å². The standard InChI is InChI=1S/C11H22N2O3/c1-4-5-6-7-12-11(15)9(2)13-8-10(14)16-3/h9,13H,4-8H2,1-3H3,(H,12,15). The van der Waals surface area contributed by atoms with Crippen molar-refractivity contribution in [3.8, 4) is 0 Å². The second kappa shape index (κ2) is 9.15. The van der Waals surface area contributed by atoms with E-state index in [9.17, 15) is 9.59 Å². The van der Waals surface area contributed by atoms with Gasteiger partial charge in [0.25, 0.3) is 0 Å². The van der Waals surface area contributed by atoms with Gasteiger partial charge in [0, 0.05) is 6.54 Å². The van der Waals surface area contributed by atoms with Crippen LogP contribution in [-0.4, -0.2) is 38.1 Å². The molecule has 0 aromatic rings. The molecular weight excluding hydrogens is 208 g/mol. The molecule has 1 atom stereocenters. The predicted molar refractivity (Wildman–Crippen MR) is 62.0 cm³/mol. The molecule has 0 heterocycles. The van der Waals surface area contributed by atoms with E-state index in [2.05, 4.69) is 22.3 Å². The Morgan fingerprint density at radius 1 is 1.31 bits per heavy atom. The van der Waals surface area contributed by atoms with Crippen LogP contribution in [0.15, 0.2) is 0 Å². The lowest BCUT2D eigenvalue weighted by Gasteiger charge is -2.12. The number of carbonyl (C=O) groups excluding carboxylic acids is 2. The normalized spacial score (nSPS) is 11.9. The zero-order chi connectivity index (χ0) is 12.4. The maximum Gasteiger partial charge on any atom is 0.319 e. The summed E-state index contributed by atoms with van der Waals surface area (Å²) in [5, 5.41) is 5.59. The van der Waals surface area contributed by atoms with Gasteiger partial charge in [0.1, 0.15) is 0 Å². The zero-order valence-electron chi connectivity index (χ0n) is 10.3. The Morgan fingerprint density at radius 2 is 2.00 bits per heavy atom. The molecule has 0 aliphatic heterocycles. The second-order valence-corrected chi connectivity index (χ2v) is 3.68. The predicted octanol–water partition coefficient (Wildman–Crippen LogP) is 0.444. The lowest BCUT2D eigenvalue weighted by molar-refractivity contribution is -0.139. The number of hydrogen-bond donors (Lipinski definition) is 2. The van der Waals surface area contributed by atoms with Crippen LogP contribution in [0.4, 0.5) is 0 Å². The maximum absolute atomic E-state index is 11.5. The zero-order valence-corrected chi connectivity index (χ0v) is 10.3. The summed E-state index contributed by atoms with van der Waals surface area (Å²) in [5.74, 6) is -0.453. The number of methoxy groups -OCH3 is 1. The Balaban J connectivity index is 3.61. The molecule has 0 rings (SSSR count). The molecule has 0 aromatic heterocycles.